The number of hydrogen-bond acceptors (Lipinski definition) is 7. The van der Waals surface area contributed by atoms with Gasteiger partial charge in [0.1, 0.15) is 4.90 Å². The molecule has 0 spiro atoms. The second-order valence-electron chi connectivity index (χ2n) is 9.72. The van der Waals surface area contributed by atoms with Crippen molar-refractivity contribution in [3.63, 3.8) is 0 Å². The highest BCUT2D eigenvalue weighted by molar-refractivity contribution is 7.87. The number of anilines is 1. The molecule has 0 amide bonds. The largest absolute Gasteiger partial charge is 0.478 e. The normalized spacial score (nSPS) is 13.6. The van der Waals surface area contributed by atoms with Gasteiger partial charge < -0.3 is 23.7 Å². The summed E-state index contributed by atoms with van der Waals surface area (Å²) in [6.45, 7) is 0. The van der Waals surface area contributed by atoms with Crippen LogP contribution in [0.5, 0.6) is 17.2 Å². The predicted octanol–water partition coefficient (Wildman–Crippen LogP) is 6.04. The topological polar surface area (TPSA) is 102 Å². The van der Waals surface area contributed by atoms with Crippen LogP contribution in [0, 0.1) is 0 Å². The number of benzene rings is 5. The third-order valence-corrected chi connectivity index (χ3v) is 8.18. The summed E-state index contributed by atoms with van der Waals surface area (Å²) in [6, 6.07) is 30.9. The van der Waals surface area contributed by atoms with Crippen LogP contribution in [0.1, 0.15) is 21.5 Å². The fraction of sp³-hybridized carbons (Fsp3) is 0.0938. The molecule has 0 saturated carbocycles. The predicted molar refractivity (Wildman–Crippen MR) is 154 cm³/mol. The van der Waals surface area contributed by atoms with Crippen LogP contribution in [0.3, 0.4) is 0 Å². The molecule has 0 saturated heterocycles. The van der Waals surface area contributed by atoms with Crippen LogP contribution in [0.25, 0.3) is 10.8 Å². The molecule has 1 aliphatic rings. The van der Waals surface area contributed by atoms with E-state index < -0.39 is 21.9 Å². The van der Waals surface area contributed by atoms with E-state index in [9.17, 15) is 18.3 Å². The second-order valence-corrected chi connectivity index (χ2v) is 11.2. The smallest absolute Gasteiger partial charge is 0.339 e. The lowest BCUT2D eigenvalue weighted by atomic mass is 9.97. The number of fused-ring (bicyclic) bond motifs is 2. The molecule has 5 aromatic rings. The van der Waals surface area contributed by atoms with Crippen molar-refractivity contribution < 1.29 is 32.0 Å². The van der Waals surface area contributed by atoms with Gasteiger partial charge in [-0.1, -0.05) is 84.9 Å². The van der Waals surface area contributed by atoms with Gasteiger partial charge in [-0.2, -0.15) is 8.42 Å². The quantitative estimate of drug-likeness (QED) is 0.237. The molecule has 41 heavy (non-hydrogen) atoms. The van der Waals surface area contributed by atoms with E-state index in [4.69, 9.17) is 13.7 Å². The summed E-state index contributed by atoms with van der Waals surface area (Å²) in [5, 5.41) is 11.0. The van der Waals surface area contributed by atoms with Gasteiger partial charge in [-0.25, -0.2) is 4.79 Å². The fourth-order valence-electron chi connectivity index (χ4n) is 5.01. The summed E-state index contributed by atoms with van der Waals surface area (Å²) in [6.07, 6.45) is 0. The van der Waals surface area contributed by atoms with Crippen LogP contribution < -0.4 is 18.6 Å². The lowest BCUT2D eigenvalue weighted by molar-refractivity contribution is -0.0464. The first-order valence-electron chi connectivity index (χ1n) is 12.7. The first-order chi connectivity index (χ1) is 19.7. The van der Waals surface area contributed by atoms with E-state index in [2.05, 4.69) is 0 Å². The first-order valence-corrected chi connectivity index (χ1v) is 14.1. The Morgan fingerprint density at radius 2 is 1.39 bits per heavy atom. The molecule has 206 valence electrons. The molecule has 0 aromatic heterocycles. The maximum Gasteiger partial charge on any atom is 0.339 e. The molecular weight excluding hydrogens is 542 g/mol. The number of carbonyl (C=O) groups is 1. The van der Waals surface area contributed by atoms with Crippen molar-refractivity contribution in [3.05, 3.63) is 126 Å². The molecule has 1 N–H and O–H groups in total. The molecular formula is C32H25NO7S. The zero-order valence-electron chi connectivity index (χ0n) is 22.1. The van der Waals surface area contributed by atoms with Crippen molar-refractivity contribution >= 4 is 32.5 Å². The van der Waals surface area contributed by atoms with Crippen molar-refractivity contribution in [2.24, 2.45) is 0 Å². The fourth-order valence-corrected chi connectivity index (χ4v) is 6.15. The molecule has 0 atom stereocenters. The van der Waals surface area contributed by atoms with Gasteiger partial charge in [0.2, 0.25) is 5.75 Å². The Morgan fingerprint density at radius 1 is 0.780 bits per heavy atom. The number of nitrogens with zero attached hydrogens (tertiary/aromatic N) is 1. The number of carboxylic acid groups (broad SMARTS) is 1. The van der Waals surface area contributed by atoms with Crippen molar-refractivity contribution in [1.82, 2.24) is 0 Å². The van der Waals surface area contributed by atoms with Crippen molar-refractivity contribution in [2.45, 2.75) is 10.7 Å². The zero-order chi connectivity index (χ0) is 28.8. The maximum absolute atomic E-state index is 13.8. The lowest BCUT2D eigenvalue weighted by Gasteiger charge is -2.28. The molecule has 0 aliphatic carbocycles. The molecule has 0 bridgehead atoms. The van der Waals surface area contributed by atoms with E-state index in [1.54, 1.807) is 18.2 Å². The lowest BCUT2D eigenvalue weighted by Crippen LogP contribution is -2.36. The highest BCUT2D eigenvalue weighted by atomic mass is 32.2. The summed E-state index contributed by atoms with van der Waals surface area (Å²) in [4.78, 5) is 13.9. The Kier molecular flexibility index (Phi) is 6.31. The Bertz CT molecular complexity index is 1850. The van der Waals surface area contributed by atoms with Crippen molar-refractivity contribution in [1.29, 1.82) is 0 Å². The minimum atomic E-state index is -4.46. The number of hydrogen-bond donors (Lipinski definition) is 1. The van der Waals surface area contributed by atoms with E-state index in [-0.39, 0.29) is 27.7 Å². The third kappa shape index (κ3) is 4.50. The van der Waals surface area contributed by atoms with Gasteiger partial charge in [0.05, 0.1) is 5.56 Å². The summed E-state index contributed by atoms with van der Waals surface area (Å²) in [5.41, 5.74) is 1.86. The number of ether oxygens (including phenoxy) is 2. The van der Waals surface area contributed by atoms with E-state index in [1.807, 2.05) is 91.8 Å². The molecule has 0 radical (unpaired) electrons. The Labute approximate surface area is 237 Å². The molecule has 0 unspecified atom stereocenters. The van der Waals surface area contributed by atoms with Crippen molar-refractivity contribution in [3.8, 4) is 17.2 Å². The third-order valence-electron chi connectivity index (χ3n) is 6.88. The van der Waals surface area contributed by atoms with Gasteiger partial charge in [0.15, 0.2) is 11.5 Å². The summed E-state index contributed by atoms with van der Waals surface area (Å²) in [5.74, 6) is -3.08. The SMILES string of the molecule is CN(C)c1cccc2c(S(=O)(=O)Oc3cc(C(=O)O)cc4c3OC(c3ccccc3)(c3ccccc3)O4)cccc12. The maximum atomic E-state index is 13.8. The van der Waals surface area contributed by atoms with Crippen LogP contribution in [0.2, 0.25) is 0 Å². The monoisotopic (exact) mass is 567 g/mol. The summed E-state index contributed by atoms with van der Waals surface area (Å²) >= 11 is 0. The molecule has 5 aromatic carbocycles. The summed E-state index contributed by atoms with van der Waals surface area (Å²) in [7, 11) is -0.717. The highest BCUT2D eigenvalue weighted by Crippen LogP contribution is 2.53. The number of rotatable bonds is 7. The van der Waals surface area contributed by atoms with Gasteiger partial charge in [-0.3, -0.25) is 0 Å². The Balaban J connectivity index is 1.50. The summed E-state index contributed by atoms with van der Waals surface area (Å²) < 4.78 is 46.1. The molecule has 6 rings (SSSR count). The van der Waals surface area contributed by atoms with Crippen LogP contribution >= 0.6 is 0 Å². The molecule has 1 aliphatic heterocycles. The first kappa shape index (κ1) is 26.2. The number of carboxylic acids is 1. The van der Waals surface area contributed by atoms with Crippen LogP contribution in [-0.2, 0) is 15.9 Å². The van der Waals surface area contributed by atoms with Crippen LogP contribution in [-0.4, -0.2) is 33.6 Å². The zero-order valence-corrected chi connectivity index (χ0v) is 23.0. The van der Waals surface area contributed by atoms with Gasteiger partial charge in [-0.05, 0) is 18.2 Å². The average Bonchev–Trinajstić information content (AvgIpc) is 3.38. The minimum Gasteiger partial charge on any atom is -0.478 e. The van der Waals surface area contributed by atoms with Gasteiger partial charge >= 0.3 is 21.9 Å². The highest BCUT2D eigenvalue weighted by Gasteiger charge is 2.47. The van der Waals surface area contributed by atoms with Crippen LogP contribution in [0.15, 0.2) is 114 Å². The average molecular weight is 568 g/mol. The van der Waals surface area contributed by atoms with E-state index in [0.29, 0.717) is 16.5 Å². The molecule has 8 nitrogen and oxygen atoms in total. The minimum absolute atomic E-state index is 0.0273. The molecule has 0 fully saturated rings. The Morgan fingerprint density at radius 3 is 2.00 bits per heavy atom. The van der Waals surface area contributed by atoms with E-state index >= 15 is 0 Å². The number of aromatic carboxylic acids is 1. The van der Waals surface area contributed by atoms with Gasteiger partial charge in [-0.15, -0.1) is 0 Å². The standard InChI is InChI=1S/C32H25NO7S/c1-33(2)26-17-9-16-25-24(26)15-10-18-29(25)41(36,37)40-28-20-21(31(34)35)19-27-30(28)39-32(38-27,22-11-5-3-6-12-22)23-13-7-4-8-14-23/h3-20H,1-2H3,(H,34,35). The van der Waals surface area contributed by atoms with E-state index in [1.165, 1.54) is 12.1 Å². The van der Waals surface area contributed by atoms with E-state index in [0.717, 1.165) is 17.1 Å². The second kappa shape index (κ2) is 9.87. The van der Waals surface area contributed by atoms with Crippen molar-refractivity contribution in [2.75, 3.05) is 19.0 Å². The molecule has 1 heterocycles. The van der Waals surface area contributed by atoms with Gasteiger partial charge in [0.25, 0.3) is 0 Å². The van der Waals surface area contributed by atoms with Gasteiger partial charge in [0, 0.05) is 47.7 Å². The van der Waals surface area contributed by atoms with Crippen LogP contribution in [0.4, 0.5) is 5.69 Å². The molecule has 9 heteroatoms. The Hall–Kier alpha value is -5.02.